The van der Waals surface area contributed by atoms with Gasteiger partial charge >= 0.3 is 6.18 Å². The number of halogens is 3. The minimum absolute atomic E-state index is 0.147. The molecule has 1 aromatic carbocycles. The molecule has 0 atom stereocenters. The fourth-order valence-corrected chi connectivity index (χ4v) is 2.37. The van der Waals surface area contributed by atoms with Crippen molar-refractivity contribution in [2.45, 2.75) is 12.8 Å². The predicted octanol–water partition coefficient (Wildman–Crippen LogP) is 3.41. The van der Waals surface area contributed by atoms with Gasteiger partial charge in [0.2, 0.25) is 0 Å². The maximum atomic E-state index is 12.4. The number of benzene rings is 1. The molecule has 0 saturated heterocycles. The van der Waals surface area contributed by atoms with Crippen LogP contribution in [0.25, 0.3) is 10.1 Å². The molecule has 0 aliphatic rings. The fourth-order valence-electron chi connectivity index (χ4n) is 1.38. The lowest BCUT2D eigenvalue weighted by atomic mass is 10.1. The van der Waals surface area contributed by atoms with E-state index < -0.39 is 11.7 Å². The zero-order valence-corrected chi connectivity index (χ0v) is 8.32. The van der Waals surface area contributed by atoms with Gasteiger partial charge in [0.1, 0.15) is 0 Å². The number of hydrogen-bond acceptors (Lipinski definition) is 2. The number of fused-ring (bicyclic) bond motifs is 1. The number of alkyl halides is 3. The SMILES string of the molecule is OCc1csc2cc(C(F)(F)F)ccc12. The average Bonchev–Trinajstić information content (AvgIpc) is 2.58. The first kappa shape index (κ1) is 10.4. The Kier molecular flexibility index (Phi) is 2.44. The van der Waals surface area contributed by atoms with E-state index in [1.807, 2.05) is 0 Å². The van der Waals surface area contributed by atoms with Crippen LogP contribution in [-0.4, -0.2) is 5.11 Å². The van der Waals surface area contributed by atoms with E-state index in [0.29, 0.717) is 15.6 Å². The van der Waals surface area contributed by atoms with Gasteiger partial charge in [-0.2, -0.15) is 13.2 Å². The van der Waals surface area contributed by atoms with Gasteiger partial charge in [-0.05, 0) is 28.5 Å². The van der Waals surface area contributed by atoms with Gasteiger partial charge in [-0.25, -0.2) is 0 Å². The Hall–Kier alpha value is -1.07. The second-order valence-corrected chi connectivity index (χ2v) is 4.04. The molecular weight excluding hydrogens is 225 g/mol. The van der Waals surface area contributed by atoms with Crippen LogP contribution in [0.15, 0.2) is 23.6 Å². The Bertz CT molecular complexity index is 487. The quantitative estimate of drug-likeness (QED) is 0.798. The largest absolute Gasteiger partial charge is 0.416 e. The summed E-state index contributed by atoms with van der Waals surface area (Å²) in [5, 5.41) is 11.3. The molecule has 1 nitrogen and oxygen atoms in total. The van der Waals surface area contributed by atoms with Gasteiger partial charge in [-0.1, -0.05) is 6.07 Å². The molecule has 0 saturated carbocycles. The van der Waals surface area contributed by atoms with Gasteiger partial charge in [-0.3, -0.25) is 0 Å². The summed E-state index contributed by atoms with van der Waals surface area (Å²) in [6.07, 6.45) is -4.31. The van der Waals surface area contributed by atoms with Crippen molar-refractivity contribution in [3.05, 3.63) is 34.7 Å². The van der Waals surface area contributed by atoms with Gasteiger partial charge in [-0.15, -0.1) is 11.3 Å². The van der Waals surface area contributed by atoms with Crippen LogP contribution in [0, 0.1) is 0 Å². The van der Waals surface area contributed by atoms with Crippen molar-refractivity contribution in [1.82, 2.24) is 0 Å². The van der Waals surface area contributed by atoms with Gasteiger partial charge in [0, 0.05) is 4.70 Å². The van der Waals surface area contributed by atoms with Crippen LogP contribution in [0.5, 0.6) is 0 Å². The predicted molar refractivity (Wildman–Crippen MR) is 52.7 cm³/mol. The van der Waals surface area contributed by atoms with Gasteiger partial charge in [0.15, 0.2) is 0 Å². The Morgan fingerprint density at radius 1 is 1.27 bits per heavy atom. The molecule has 80 valence electrons. The smallest absolute Gasteiger partial charge is 0.392 e. The second kappa shape index (κ2) is 3.50. The minimum atomic E-state index is -4.31. The molecule has 1 aromatic heterocycles. The fraction of sp³-hybridized carbons (Fsp3) is 0.200. The van der Waals surface area contributed by atoms with Crippen molar-refractivity contribution in [3.63, 3.8) is 0 Å². The molecule has 1 N–H and O–H groups in total. The van der Waals surface area contributed by atoms with Crippen molar-refractivity contribution >= 4 is 21.4 Å². The molecule has 0 fully saturated rings. The van der Waals surface area contributed by atoms with E-state index in [-0.39, 0.29) is 6.61 Å². The molecule has 2 rings (SSSR count). The number of aliphatic hydroxyl groups is 1. The van der Waals surface area contributed by atoms with Crippen LogP contribution in [0.1, 0.15) is 11.1 Å². The van der Waals surface area contributed by atoms with Crippen molar-refractivity contribution in [3.8, 4) is 0 Å². The highest BCUT2D eigenvalue weighted by atomic mass is 32.1. The molecule has 0 unspecified atom stereocenters. The van der Waals surface area contributed by atoms with Crippen LogP contribution in [0.3, 0.4) is 0 Å². The second-order valence-electron chi connectivity index (χ2n) is 3.13. The van der Waals surface area contributed by atoms with Gasteiger partial charge in [0.25, 0.3) is 0 Å². The highest BCUT2D eigenvalue weighted by molar-refractivity contribution is 7.17. The monoisotopic (exact) mass is 232 g/mol. The van der Waals surface area contributed by atoms with E-state index in [4.69, 9.17) is 5.11 Å². The third-order valence-corrected chi connectivity index (χ3v) is 3.15. The normalized spacial score (nSPS) is 12.3. The Balaban J connectivity index is 2.58. The van der Waals surface area contributed by atoms with Gasteiger partial charge < -0.3 is 5.11 Å². The Morgan fingerprint density at radius 2 is 2.00 bits per heavy atom. The molecule has 0 aliphatic heterocycles. The summed E-state index contributed by atoms with van der Waals surface area (Å²) >= 11 is 1.21. The third kappa shape index (κ3) is 1.85. The summed E-state index contributed by atoms with van der Waals surface area (Å²) in [7, 11) is 0. The van der Waals surface area contributed by atoms with Crippen LogP contribution in [-0.2, 0) is 12.8 Å². The first-order valence-corrected chi connectivity index (χ1v) is 5.08. The summed E-state index contributed by atoms with van der Waals surface area (Å²) in [5.41, 5.74) is 0.0186. The maximum Gasteiger partial charge on any atom is 0.416 e. The molecule has 15 heavy (non-hydrogen) atoms. The molecule has 1 heterocycles. The van der Waals surface area contributed by atoms with Crippen molar-refractivity contribution in [2.24, 2.45) is 0 Å². The Labute approximate surface area is 87.8 Å². The van der Waals surface area contributed by atoms with E-state index in [0.717, 1.165) is 12.1 Å². The van der Waals surface area contributed by atoms with Crippen molar-refractivity contribution in [2.75, 3.05) is 0 Å². The number of hydrogen-bond donors (Lipinski definition) is 1. The maximum absolute atomic E-state index is 12.4. The van der Waals surface area contributed by atoms with Crippen LogP contribution >= 0.6 is 11.3 Å². The molecule has 5 heteroatoms. The molecule has 0 bridgehead atoms. The highest BCUT2D eigenvalue weighted by Gasteiger charge is 2.30. The summed E-state index contributed by atoms with van der Waals surface area (Å²) in [4.78, 5) is 0. The van der Waals surface area contributed by atoms with Crippen molar-refractivity contribution in [1.29, 1.82) is 0 Å². The zero-order chi connectivity index (χ0) is 11.1. The molecule has 0 amide bonds. The first-order valence-electron chi connectivity index (χ1n) is 4.20. The van der Waals surface area contributed by atoms with Crippen molar-refractivity contribution < 1.29 is 18.3 Å². The number of thiophene rings is 1. The molecular formula is C10H7F3OS. The lowest BCUT2D eigenvalue weighted by molar-refractivity contribution is -0.137. The summed E-state index contributed by atoms with van der Waals surface area (Å²) in [6, 6.07) is 3.55. The number of rotatable bonds is 1. The molecule has 0 aliphatic carbocycles. The molecule has 0 spiro atoms. The van der Waals surface area contributed by atoms with E-state index in [1.165, 1.54) is 17.4 Å². The van der Waals surface area contributed by atoms with Crippen LogP contribution in [0.2, 0.25) is 0 Å². The lowest BCUT2D eigenvalue weighted by Crippen LogP contribution is -2.03. The molecule has 2 aromatic rings. The number of aliphatic hydroxyl groups excluding tert-OH is 1. The van der Waals surface area contributed by atoms with E-state index in [2.05, 4.69) is 0 Å². The summed E-state index contributed by atoms with van der Waals surface area (Å²) < 4.78 is 37.6. The summed E-state index contributed by atoms with van der Waals surface area (Å²) in [6.45, 7) is -0.147. The van der Waals surface area contributed by atoms with E-state index in [1.54, 1.807) is 5.38 Å². The van der Waals surface area contributed by atoms with Crippen LogP contribution < -0.4 is 0 Å². The van der Waals surface area contributed by atoms with Crippen LogP contribution in [0.4, 0.5) is 13.2 Å². The first-order chi connectivity index (χ1) is 7.02. The van der Waals surface area contributed by atoms with E-state index in [9.17, 15) is 13.2 Å². The Morgan fingerprint density at radius 3 is 2.60 bits per heavy atom. The third-order valence-electron chi connectivity index (χ3n) is 2.15. The minimum Gasteiger partial charge on any atom is -0.392 e. The summed E-state index contributed by atoms with van der Waals surface area (Å²) in [5.74, 6) is 0. The van der Waals surface area contributed by atoms with Gasteiger partial charge in [0.05, 0.1) is 12.2 Å². The zero-order valence-electron chi connectivity index (χ0n) is 7.51. The average molecular weight is 232 g/mol. The topological polar surface area (TPSA) is 20.2 Å². The van der Waals surface area contributed by atoms with E-state index >= 15 is 0 Å². The standard InChI is InChI=1S/C10H7F3OS/c11-10(12,13)7-1-2-8-6(4-14)5-15-9(8)3-7/h1-3,5,14H,4H2. The molecule has 0 radical (unpaired) electrons. The highest BCUT2D eigenvalue weighted by Crippen LogP contribution is 2.34. The lowest BCUT2D eigenvalue weighted by Gasteiger charge is -2.05.